The second-order valence-corrected chi connectivity index (χ2v) is 4.64. The lowest BCUT2D eigenvalue weighted by molar-refractivity contribution is -0.142. The highest BCUT2D eigenvalue weighted by atomic mass is 16.4. The van der Waals surface area contributed by atoms with Crippen LogP contribution in [0.15, 0.2) is 12.4 Å². The second kappa shape index (κ2) is 6.33. The smallest absolute Gasteiger partial charge is 0.322 e. The predicted octanol–water partition coefficient (Wildman–Crippen LogP) is -0.383. The molecular weight excluding hydrogens is 248 g/mol. The summed E-state index contributed by atoms with van der Waals surface area (Å²) in [6.45, 7) is 1.36. The number of rotatable bonds is 5. The number of carbonyl (C=O) groups excluding carboxylic acids is 1. The number of carbonyl (C=O) groups is 2. The monoisotopic (exact) mass is 266 g/mol. The van der Waals surface area contributed by atoms with Crippen molar-refractivity contribution in [3.05, 3.63) is 18.0 Å². The number of amides is 1. The van der Waals surface area contributed by atoms with Gasteiger partial charge in [0.15, 0.2) is 0 Å². The van der Waals surface area contributed by atoms with Crippen molar-refractivity contribution < 1.29 is 14.7 Å². The van der Waals surface area contributed by atoms with Crippen LogP contribution < -0.4 is 5.32 Å². The highest BCUT2D eigenvalue weighted by molar-refractivity contribution is 5.79. The zero-order valence-electron chi connectivity index (χ0n) is 10.6. The maximum Gasteiger partial charge on any atom is 0.322 e. The van der Waals surface area contributed by atoms with E-state index in [9.17, 15) is 9.59 Å². The standard InChI is InChI=1S/C12H18N4O3/c17-11(3-1-2-9-6-14-15-7-9)16-5-4-13-10(8-16)12(18)19/h6-7,10,13H,1-5,8H2,(H,14,15)(H,18,19)/t10-/m0/s1. The fourth-order valence-corrected chi connectivity index (χ4v) is 2.16. The number of hydrogen-bond acceptors (Lipinski definition) is 4. The molecule has 1 atom stereocenters. The molecule has 7 heteroatoms. The van der Waals surface area contributed by atoms with Crippen LogP contribution in [0.25, 0.3) is 0 Å². The van der Waals surface area contributed by atoms with Crippen molar-refractivity contribution in [2.45, 2.75) is 25.3 Å². The van der Waals surface area contributed by atoms with E-state index >= 15 is 0 Å². The lowest BCUT2D eigenvalue weighted by Gasteiger charge is -2.31. The van der Waals surface area contributed by atoms with Crippen molar-refractivity contribution in [2.75, 3.05) is 19.6 Å². The molecule has 2 heterocycles. The summed E-state index contributed by atoms with van der Waals surface area (Å²) in [5.74, 6) is -0.882. The molecule has 19 heavy (non-hydrogen) atoms. The number of H-pyrrole nitrogens is 1. The van der Waals surface area contributed by atoms with E-state index in [1.54, 1.807) is 11.1 Å². The Morgan fingerprint density at radius 3 is 3.05 bits per heavy atom. The SMILES string of the molecule is O=C(O)[C@@H]1CN(C(=O)CCCc2cn[nH]c2)CCN1. The normalized spacial score (nSPS) is 19.4. The number of nitrogens with one attached hydrogen (secondary N) is 2. The number of carboxylic acid groups (broad SMARTS) is 1. The van der Waals surface area contributed by atoms with Crippen LogP contribution in [0.5, 0.6) is 0 Å². The van der Waals surface area contributed by atoms with E-state index in [1.165, 1.54) is 0 Å². The van der Waals surface area contributed by atoms with E-state index in [2.05, 4.69) is 15.5 Å². The number of nitrogens with zero attached hydrogens (tertiary/aromatic N) is 2. The molecule has 0 radical (unpaired) electrons. The summed E-state index contributed by atoms with van der Waals surface area (Å²) in [6.07, 6.45) is 5.56. The number of aryl methyl sites for hydroxylation is 1. The molecule has 0 bridgehead atoms. The molecule has 1 aromatic heterocycles. The van der Waals surface area contributed by atoms with Crippen molar-refractivity contribution in [3.8, 4) is 0 Å². The van der Waals surface area contributed by atoms with Crippen LogP contribution in [0.4, 0.5) is 0 Å². The lowest BCUT2D eigenvalue weighted by atomic mass is 10.1. The summed E-state index contributed by atoms with van der Waals surface area (Å²) in [5, 5.41) is 18.4. The van der Waals surface area contributed by atoms with E-state index < -0.39 is 12.0 Å². The van der Waals surface area contributed by atoms with Gasteiger partial charge in [-0.1, -0.05) is 0 Å². The summed E-state index contributed by atoms with van der Waals surface area (Å²) in [5.41, 5.74) is 1.08. The first kappa shape index (κ1) is 13.5. The fourth-order valence-electron chi connectivity index (χ4n) is 2.16. The Balaban J connectivity index is 1.74. The molecule has 1 aromatic rings. The van der Waals surface area contributed by atoms with E-state index in [1.807, 2.05) is 6.20 Å². The minimum atomic E-state index is -0.907. The van der Waals surface area contributed by atoms with Crippen molar-refractivity contribution in [1.29, 1.82) is 0 Å². The highest BCUT2D eigenvalue weighted by Gasteiger charge is 2.27. The Hall–Kier alpha value is -1.89. The maximum absolute atomic E-state index is 12.0. The van der Waals surface area contributed by atoms with E-state index in [-0.39, 0.29) is 12.5 Å². The van der Waals surface area contributed by atoms with Gasteiger partial charge < -0.3 is 15.3 Å². The molecule has 1 saturated heterocycles. The number of hydrogen-bond donors (Lipinski definition) is 3. The molecule has 1 fully saturated rings. The highest BCUT2D eigenvalue weighted by Crippen LogP contribution is 2.07. The average Bonchev–Trinajstić information content (AvgIpc) is 2.92. The molecule has 0 saturated carbocycles. The minimum Gasteiger partial charge on any atom is -0.480 e. The lowest BCUT2D eigenvalue weighted by Crippen LogP contribution is -2.55. The van der Waals surface area contributed by atoms with Gasteiger partial charge in [0.2, 0.25) is 5.91 Å². The van der Waals surface area contributed by atoms with Gasteiger partial charge in [-0.05, 0) is 18.4 Å². The zero-order chi connectivity index (χ0) is 13.7. The zero-order valence-corrected chi connectivity index (χ0v) is 10.6. The van der Waals surface area contributed by atoms with Gasteiger partial charge in [-0.15, -0.1) is 0 Å². The van der Waals surface area contributed by atoms with Crippen LogP contribution in [-0.4, -0.2) is 57.8 Å². The summed E-state index contributed by atoms with van der Waals surface area (Å²) in [4.78, 5) is 24.5. The van der Waals surface area contributed by atoms with Gasteiger partial charge in [0, 0.05) is 32.3 Å². The molecule has 0 unspecified atom stereocenters. The van der Waals surface area contributed by atoms with Crippen molar-refractivity contribution in [3.63, 3.8) is 0 Å². The molecule has 104 valence electrons. The predicted molar refractivity (Wildman–Crippen MR) is 67.5 cm³/mol. The summed E-state index contributed by atoms with van der Waals surface area (Å²) in [7, 11) is 0. The first-order chi connectivity index (χ1) is 9.16. The number of aliphatic carboxylic acids is 1. The van der Waals surface area contributed by atoms with Gasteiger partial charge in [-0.2, -0.15) is 5.10 Å². The average molecular weight is 266 g/mol. The molecule has 0 spiro atoms. The fraction of sp³-hybridized carbons (Fsp3) is 0.583. The van der Waals surface area contributed by atoms with Crippen LogP contribution >= 0.6 is 0 Å². The molecule has 2 rings (SSSR count). The molecule has 1 aliphatic rings. The maximum atomic E-state index is 12.0. The Morgan fingerprint density at radius 1 is 1.53 bits per heavy atom. The van der Waals surface area contributed by atoms with Gasteiger partial charge in [0.05, 0.1) is 6.20 Å². The Kier molecular flexibility index (Phi) is 4.51. The van der Waals surface area contributed by atoms with Crippen molar-refractivity contribution in [2.24, 2.45) is 0 Å². The number of aromatic nitrogens is 2. The number of carboxylic acids is 1. The molecule has 1 amide bonds. The Morgan fingerprint density at radius 2 is 2.37 bits per heavy atom. The van der Waals surface area contributed by atoms with Gasteiger partial charge in [-0.25, -0.2) is 0 Å². The van der Waals surface area contributed by atoms with Crippen molar-refractivity contribution >= 4 is 11.9 Å². The summed E-state index contributed by atoms with van der Waals surface area (Å²) >= 11 is 0. The molecule has 7 nitrogen and oxygen atoms in total. The summed E-state index contributed by atoms with van der Waals surface area (Å²) < 4.78 is 0. The third-order valence-corrected chi connectivity index (χ3v) is 3.24. The molecule has 3 N–H and O–H groups in total. The molecule has 1 aliphatic heterocycles. The first-order valence-corrected chi connectivity index (χ1v) is 6.38. The topological polar surface area (TPSA) is 98.3 Å². The van der Waals surface area contributed by atoms with Gasteiger partial charge in [-0.3, -0.25) is 14.7 Å². The van der Waals surface area contributed by atoms with Crippen molar-refractivity contribution in [1.82, 2.24) is 20.4 Å². The molecular formula is C12H18N4O3. The van der Waals surface area contributed by atoms with Crippen LogP contribution in [0.1, 0.15) is 18.4 Å². The van der Waals surface area contributed by atoms with Crippen LogP contribution in [-0.2, 0) is 16.0 Å². The minimum absolute atomic E-state index is 0.0243. The number of piperazine rings is 1. The molecule has 0 aliphatic carbocycles. The largest absolute Gasteiger partial charge is 0.480 e. The van der Waals surface area contributed by atoms with Gasteiger partial charge in [0.1, 0.15) is 6.04 Å². The van der Waals surface area contributed by atoms with Crippen LogP contribution in [0.3, 0.4) is 0 Å². The Bertz CT molecular complexity index is 432. The third-order valence-electron chi connectivity index (χ3n) is 3.24. The summed E-state index contributed by atoms with van der Waals surface area (Å²) in [6, 6.07) is -0.647. The molecule has 0 aromatic carbocycles. The Labute approximate surface area is 111 Å². The quantitative estimate of drug-likeness (QED) is 0.674. The van der Waals surface area contributed by atoms with Crippen LogP contribution in [0.2, 0.25) is 0 Å². The van der Waals surface area contributed by atoms with Gasteiger partial charge in [0.25, 0.3) is 0 Å². The third kappa shape index (κ3) is 3.78. The van der Waals surface area contributed by atoms with Crippen LogP contribution in [0, 0.1) is 0 Å². The first-order valence-electron chi connectivity index (χ1n) is 6.38. The van der Waals surface area contributed by atoms with Gasteiger partial charge >= 0.3 is 5.97 Å². The van der Waals surface area contributed by atoms with E-state index in [0.29, 0.717) is 19.5 Å². The van der Waals surface area contributed by atoms with E-state index in [4.69, 9.17) is 5.11 Å². The second-order valence-electron chi connectivity index (χ2n) is 4.64. The van der Waals surface area contributed by atoms with E-state index in [0.717, 1.165) is 18.4 Å². The number of aromatic amines is 1.